The third kappa shape index (κ3) is 4.32. The van der Waals surface area contributed by atoms with Gasteiger partial charge in [-0.05, 0) is 67.5 Å². The lowest BCUT2D eigenvalue weighted by molar-refractivity contribution is -0.384. The number of hydrogen-bond acceptors (Lipinski definition) is 5. The van der Waals surface area contributed by atoms with Crippen molar-refractivity contribution < 1.29 is 4.92 Å². The van der Waals surface area contributed by atoms with Crippen LogP contribution in [-0.2, 0) is 19.3 Å². The Hall–Kier alpha value is -3.71. The summed E-state index contributed by atoms with van der Waals surface area (Å²) in [5, 5.41) is 11.4. The number of non-ortho nitro benzene ring substituents is 1. The fourth-order valence-corrected chi connectivity index (χ4v) is 4.74. The average molecular weight is 455 g/mol. The number of benzene rings is 2. The van der Waals surface area contributed by atoms with Crippen molar-refractivity contribution in [2.45, 2.75) is 32.1 Å². The first kappa shape index (κ1) is 21.2. The van der Waals surface area contributed by atoms with Gasteiger partial charge in [-0.3, -0.25) is 19.7 Å². The van der Waals surface area contributed by atoms with Crippen molar-refractivity contribution in [2.24, 2.45) is 0 Å². The first-order valence-corrected chi connectivity index (χ1v) is 11.4. The van der Waals surface area contributed by atoms with Crippen LogP contribution in [0.1, 0.15) is 35.2 Å². The van der Waals surface area contributed by atoms with E-state index in [-0.39, 0.29) is 10.6 Å². The fraction of sp³-hybridized carbons (Fsp3) is 0.192. The molecule has 2 aromatic heterocycles. The van der Waals surface area contributed by atoms with Crippen molar-refractivity contribution in [1.82, 2.24) is 14.5 Å². The fourth-order valence-electron chi connectivity index (χ4n) is 4.44. The van der Waals surface area contributed by atoms with E-state index >= 15 is 0 Å². The number of rotatable bonds is 5. The lowest BCUT2D eigenvalue weighted by atomic mass is 9.96. The molecule has 0 fully saturated rings. The zero-order chi connectivity index (χ0) is 22.8. The smallest absolute Gasteiger partial charge is 0.270 e. The molecule has 0 atom stereocenters. The Labute approximate surface area is 196 Å². The van der Waals surface area contributed by atoms with Crippen molar-refractivity contribution in [1.29, 1.82) is 0 Å². The van der Waals surface area contributed by atoms with E-state index < -0.39 is 0 Å². The number of fused-ring (bicyclic) bond motifs is 1. The number of hydrogen-bond donors (Lipinski definition) is 0. The number of aromatic nitrogens is 3. The van der Waals surface area contributed by atoms with Crippen molar-refractivity contribution >= 4 is 17.9 Å². The highest BCUT2D eigenvalue weighted by Gasteiger charge is 2.21. The van der Waals surface area contributed by atoms with E-state index in [1.54, 1.807) is 24.5 Å². The highest BCUT2D eigenvalue weighted by molar-refractivity contribution is 7.71. The molecular formula is C26H22N4O2S. The minimum Gasteiger partial charge on any atom is -0.298 e. The van der Waals surface area contributed by atoms with Gasteiger partial charge in [-0.25, -0.2) is 4.98 Å². The summed E-state index contributed by atoms with van der Waals surface area (Å²) in [6.45, 7) is 0. The standard InChI is InChI=1S/C26H22N4O2S/c31-30(32)22-5-3-4-20(17-22)25-28-26(33)23-6-1-2-7-24(23)29(25)21-10-8-18(9-11-21)16-19-12-14-27-15-13-19/h3-5,8-15,17H,1-2,6-7,16H2. The molecule has 33 heavy (non-hydrogen) atoms. The molecule has 1 aliphatic rings. The molecule has 0 N–H and O–H groups in total. The first-order valence-electron chi connectivity index (χ1n) is 11.0. The molecular weight excluding hydrogens is 432 g/mol. The third-order valence-corrected chi connectivity index (χ3v) is 6.39. The summed E-state index contributed by atoms with van der Waals surface area (Å²) < 4.78 is 2.73. The van der Waals surface area contributed by atoms with Crippen LogP contribution in [0.25, 0.3) is 17.1 Å². The topological polar surface area (TPSA) is 73.8 Å². The maximum atomic E-state index is 11.4. The Kier molecular flexibility index (Phi) is 5.79. The Bertz CT molecular complexity index is 1380. The van der Waals surface area contributed by atoms with Crippen LogP contribution in [0.2, 0.25) is 0 Å². The van der Waals surface area contributed by atoms with Gasteiger partial charge in [0.15, 0.2) is 0 Å². The number of pyridine rings is 1. The van der Waals surface area contributed by atoms with Crippen LogP contribution in [0.15, 0.2) is 73.1 Å². The van der Waals surface area contributed by atoms with E-state index in [9.17, 15) is 10.1 Å². The Morgan fingerprint density at radius 3 is 2.45 bits per heavy atom. The van der Waals surface area contributed by atoms with Gasteiger partial charge in [0.2, 0.25) is 0 Å². The highest BCUT2D eigenvalue weighted by Crippen LogP contribution is 2.31. The number of nitro benzene ring substituents is 1. The predicted molar refractivity (Wildman–Crippen MR) is 130 cm³/mol. The van der Waals surface area contributed by atoms with Gasteiger partial charge < -0.3 is 0 Å². The summed E-state index contributed by atoms with van der Waals surface area (Å²) in [6, 6.07) is 19.1. The molecule has 1 aliphatic carbocycles. The van der Waals surface area contributed by atoms with E-state index in [4.69, 9.17) is 17.2 Å². The summed E-state index contributed by atoms with van der Waals surface area (Å²) in [5.74, 6) is 0.645. The zero-order valence-corrected chi connectivity index (χ0v) is 18.8. The van der Waals surface area contributed by atoms with Crippen LogP contribution in [-0.4, -0.2) is 19.5 Å². The van der Waals surface area contributed by atoms with Gasteiger partial charge in [-0.1, -0.05) is 36.5 Å². The lowest BCUT2D eigenvalue weighted by Crippen LogP contribution is -2.17. The monoisotopic (exact) mass is 454 g/mol. The van der Waals surface area contributed by atoms with Gasteiger partial charge in [-0.2, -0.15) is 0 Å². The minimum atomic E-state index is -0.380. The van der Waals surface area contributed by atoms with Crippen LogP contribution in [0.5, 0.6) is 0 Å². The molecule has 0 radical (unpaired) electrons. The summed E-state index contributed by atoms with van der Waals surface area (Å²) in [7, 11) is 0. The molecule has 0 saturated carbocycles. The van der Waals surface area contributed by atoms with E-state index in [0.29, 0.717) is 16.0 Å². The normalized spacial score (nSPS) is 12.8. The zero-order valence-electron chi connectivity index (χ0n) is 18.0. The van der Waals surface area contributed by atoms with Gasteiger partial charge in [0.25, 0.3) is 5.69 Å². The van der Waals surface area contributed by atoms with Crippen molar-refractivity contribution in [3.63, 3.8) is 0 Å². The Balaban J connectivity index is 1.64. The molecule has 0 amide bonds. The van der Waals surface area contributed by atoms with Gasteiger partial charge in [0, 0.05) is 47.0 Å². The number of nitro groups is 1. The quantitative estimate of drug-likeness (QED) is 0.209. The number of nitrogens with zero attached hydrogens (tertiary/aromatic N) is 4. The van der Waals surface area contributed by atoms with E-state index in [1.807, 2.05) is 18.2 Å². The van der Waals surface area contributed by atoms with Crippen molar-refractivity contribution in [2.75, 3.05) is 0 Å². The molecule has 7 heteroatoms. The van der Waals surface area contributed by atoms with Gasteiger partial charge in [0.1, 0.15) is 10.5 Å². The molecule has 0 unspecified atom stereocenters. The van der Waals surface area contributed by atoms with Crippen LogP contribution < -0.4 is 0 Å². The molecule has 5 rings (SSSR count). The summed E-state index contributed by atoms with van der Waals surface area (Å²) >= 11 is 5.65. The minimum absolute atomic E-state index is 0.0391. The Morgan fingerprint density at radius 1 is 0.970 bits per heavy atom. The van der Waals surface area contributed by atoms with E-state index in [1.165, 1.54) is 17.2 Å². The summed E-state index contributed by atoms with van der Waals surface area (Å²) in [6.07, 6.45) is 8.43. The van der Waals surface area contributed by atoms with Crippen LogP contribution in [0.4, 0.5) is 5.69 Å². The van der Waals surface area contributed by atoms with Gasteiger partial charge in [0.05, 0.1) is 4.92 Å². The van der Waals surface area contributed by atoms with E-state index in [2.05, 4.69) is 33.8 Å². The highest BCUT2D eigenvalue weighted by atomic mass is 32.1. The Morgan fingerprint density at radius 2 is 1.70 bits per heavy atom. The van der Waals surface area contributed by atoms with Gasteiger partial charge >= 0.3 is 0 Å². The van der Waals surface area contributed by atoms with Crippen molar-refractivity contribution in [3.05, 3.63) is 110 Å². The molecule has 2 heterocycles. The second kappa shape index (κ2) is 9.03. The van der Waals surface area contributed by atoms with Crippen molar-refractivity contribution in [3.8, 4) is 17.1 Å². The van der Waals surface area contributed by atoms with Gasteiger partial charge in [-0.15, -0.1) is 0 Å². The second-order valence-corrected chi connectivity index (χ2v) is 8.60. The third-order valence-electron chi connectivity index (χ3n) is 6.05. The molecule has 4 aromatic rings. The maximum absolute atomic E-state index is 11.4. The SMILES string of the molecule is O=[N+]([O-])c1cccc(-c2nc(=S)c3c(n2-c2ccc(Cc4ccncc4)cc2)CCCC3)c1. The van der Waals surface area contributed by atoms with Crippen LogP contribution >= 0.6 is 12.2 Å². The molecule has 0 bridgehead atoms. The lowest BCUT2D eigenvalue weighted by Gasteiger charge is -2.24. The molecule has 0 spiro atoms. The van der Waals surface area contributed by atoms with E-state index in [0.717, 1.165) is 49.0 Å². The molecule has 6 nitrogen and oxygen atoms in total. The average Bonchev–Trinajstić information content (AvgIpc) is 2.85. The molecule has 0 aliphatic heterocycles. The maximum Gasteiger partial charge on any atom is 0.270 e. The van der Waals surface area contributed by atoms with Crippen LogP contribution in [0, 0.1) is 14.8 Å². The largest absolute Gasteiger partial charge is 0.298 e. The molecule has 164 valence electrons. The van der Waals surface area contributed by atoms with Crippen LogP contribution in [0.3, 0.4) is 0 Å². The molecule has 0 saturated heterocycles. The predicted octanol–water partition coefficient (Wildman–Crippen LogP) is 6.04. The second-order valence-electron chi connectivity index (χ2n) is 8.21. The summed E-state index contributed by atoms with van der Waals surface area (Å²) in [5.41, 5.74) is 6.38. The molecule has 2 aromatic carbocycles. The first-order chi connectivity index (χ1) is 16.1. The summed E-state index contributed by atoms with van der Waals surface area (Å²) in [4.78, 5) is 19.9.